The van der Waals surface area contributed by atoms with Crippen LogP contribution in [0.5, 0.6) is 0 Å². The van der Waals surface area contributed by atoms with E-state index in [9.17, 15) is 4.79 Å². The van der Waals surface area contributed by atoms with Gasteiger partial charge in [-0.1, -0.05) is 0 Å². The standard InChI is InChI=1S/C8H9BrN2O2/c9-7-6-5(8(12)13)2-1-3-11(6)4-10-7/h4-5H,1-3H2,(H,12,13). The highest BCUT2D eigenvalue weighted by atomic mass is 79.9. The van der Waals surface area contributed by atoms with E-state index in [0.29, 0.717) is 11.0 Å². The van der Waals surface area contributed by atoms with Crippen LogP contribution in [-0.2, 0) is 11.3 Å². The van der Waals surface area contributed by atoms with Crippen LogP contribution in [0.15, 0.2) is 10.9 Å². The van der Waals surface area contributed by atoms with E-state index in [4.69, 9.17) is 5.11 Å². The van der Waals surface area contributed by atoms with Crippen LogP contribution in [0.4, 0.5) is 0 Å². The van der Waals surface area contributed by atoms with Crippen molar-refractivity contribution >= 4 is 21.9 Å². The fourth-order valence-corrected chi connectivity index (χ4v) is 2.33. The molecule has 0 amide bonds. The van der Waals surface area contributed by atoms with E-state index in [1.807, 2.05) is 4.57 Å². The number of imidazole rings is 1. The molecule has 1 aliphatic rings. The van der Waals surface area contributed by atoms with Crippen molar-refractivity contribution in [3.63, 3.8) is 0 Å². The summed E-state index contributed by atoms with van der Waals surface area (Å²) in [5, 5.41) is 8.97. The van der Waals surface area contributed by atoms with Gasteiger partial charge >= 0.3 is 5.97 Å². The van der Waals surface area contributed by atoms with Gasteiger partial charge in [0.15, 0.2) is 0 Å². The van der Waals surface area contributed by atoms with Crippen molar-refractivity contribution in [1.29, 1.82) is 0 Å². The molecule has 1 unspecified atom stereocenters. The second-order valence-corrected chi connectivity index (χ2v) is 3.90. The fraction of sp³-hybridized carbons (Fsp3) is 0.500. The van der Waals surface area contributed by atoms with Crippen LogP contribution in [0, 0.1) is 0 Å². The lowest BCUT2D eigenvalue weighted by Gasteiger charge is -2.20. The summed E-state index contributed by atoms with van der Waals surface area (Å²) in [6.07, 6.45) is 3.31. The van der Waals surface area contributed by atoms with Gasteiger partial charge in [0.2, 0.25) is 0 Å². The molecule has 0 saturated carbocycles. The summed E-state index contributed by atoms with van der Waals surface area (Å²) in [4.78, 5) is 15.0. The zero-order valence-corrected chi connectivity index (χ0v) is 8.49. The van der Waals surface area contributed by atoms with Gasteiger partial charge in [-0.05, 0) is 28.8 Å². The average Bonchev–Trinajstić information content (AvgIpc) is 2.48. The van der Waals surface area contributed by atoms with Crippen molar-refractivity contribution in [3.8, 4) is 0 Å². The van der Waals surface area contributed by atoms with Gasteiger partial charge < -0.3 is 9.67 Å². The van der Waals surface area contributed by atoms with Gasteiger partial charge in [0.1, 0.15) is 4.60 Å². The summed E-state index contributed by atoms with van der Waals surface area (Å²) in [5.74, 6) is -1.16. The van der Waals surface area contributed by atoms with Crippen LogP contribution in [-0.4, -0.2) is 20.6 Å². The summed E-state index contributed by atoms with van der Waals surface area (Å²) in [7, 11) is 0. The van der Waals surface area contributed by atoms with Crippen molar-refractivity contribution in [2.75, 3.05) is 0 Å². The predicted octanol–water partition coefficient (Wildman–Crippen LogP) is 1.61. The molecule has 5 heteroatoms. The quantitative estimate of drug-likeness (QED) is 0.817. The van der Waals surface area contributed by atoms with E-state index in [-0.39, 0.29) is 0 Å². The van der Waals surface area contributed by atoms with Crippen molar-refractivity contribution in [3.05, 3.63) is 16.6 Å². The Morgan fingerprint density at radius 2 is 2.54 bits per heavy atom. The molecule has 2 rings (SSSR count). The molecule has 1 aromatic heterocycles. The number of aryl methyl sites for hydroxylation is 1. The molecule has 0 bridgehead atoms. The van der Waals surface area contributed by atoms with E-state index in [2.05, 4.69) is 20.9 Å². The van der Waals surface area contributed by atoms with E-state index >= 15 is 0 Å². The Bertz CT molecular complexity index is 348. The molecule has 70 valence electrons. The molecule has 0 aliphatic carbocycles. The topological polar surface area (TPSA) is 55.1 Å². The minimum absolute atomic E-state index is 0.398. The minimum Gasteiger partial charge on any atom is -0.481 e. The number of aromatic nitrogens is 2. The van der Waals surface area contributed by atoms with E-state index < -0.39 is 11.9 Å². The SMILES string of the molecule is O=C(O)C1CCCn2cnc(Br)c21. The number of carboxylic acid groups (broad SMARTS) is 1. The Morgan fingerprint density at radius 3 is 3.23 bits per heavy atom. The first-order chi connectivity index (χ1) is 6.20. The van der Waals surface area contributed by atoms with Gasteiger partial charge in [0, 0.05) is 6.54 Å². The summed E-state index contributed by atoms with van der Waals surface area (Å²) in [6.45, 7) is 0.873. The normalized spacial score (nSPS) is 21.2. The summed E-state index contributed by atoms with van der Waals surface area (Å²) in [5.41, 5.74) is 0.804. The molecule has 0 fully saturated rings. The Kier molecular flexibility index (Phi) is 2.11. The van der Waals surface area contributed by atoms with Gasteiger partial charge in [-0.2, -0.15) is 0 Å². The third-order valence-electron chi connectivity index (χ3n) is 2.35. The molecule has 13 heavy (non-hydrogen) atoms. The lowest BCUT2D eigenvalue weighted by atomic mass is 9.97. The molecule has 0 radical (unpaired) electrons. The third-order valence-corrected chi connectivity index (χ3v) is 2.96. The lowest BCUT2D eigenvalue weighted by Crippen LogP contribution is -2.21. The van der Waals surface area contributed by atoms with Gasteiger partial charge in [-0.3, -0.25) is 4.79 Å². The number of carbonyl (C=O) groups is 1. The van der Waals surface area contributed by atoms with Gasteiger partial charge in [0.25, 0.3) is 0 Å². The zero-order chi connectivity index (χ0) is 9.42. The Labute approximate surface area is 83.7 Å². The monoisotopic (exact) mass is 244 g/mol. The molecule has 2 heterocycles. The van der Waals surface area contributed by atoms with E-state index in [1.165, 1.54) is 0 Å². The molecule has 0 aromatic carbocycles. The van der Waals surface area contributed by atoms with Crippen LogP contribution >= 0.6 is 15.9 Å². The van der Waals surface area contributed by atoms with Crippen molar-refractivity contribution < 1.29 is 9.90 Å². The molecule has 0 spiro atoms. The third kappa shape index (κ3) is 1.37. The van der Waals surface area contributed by atoms with Gasteiger partial charge in [0.05, 0.1) is 17.9 Å². The van der Waals surface area contributed by atoms with Crippen LogP contribution < -0.4 is 0 Å². The minimum atomic E-state index is -0.762. The number of nitrogens with zero attached hydrogens (tertiary/aromatic N) is 2. The highest BCUT2D eigenvalue weighted by molar-refractivity contribution is 9.10. The summed E-state index contributed by atoms with van der Waals surface area (Å²) >= 11 is 3.27. The van der Waals surface area contributed by atoms with Crippen LogP contribution in [0.25, 0.3) is 0 Å². The highest BCUT2D eigenvalue weighted by Crippen LogP contribution is 2.32. The second-order valence-electron chi connectivity index (χ2n) is 3.15. The van der Waals surface area contributed by atoms with E-state index in [0.717, 1.165) is 18.7 Å². The highest BCUT2D eigenvalue weighted by Gasteiger charge is 2.29. The molecule has 4 nitrogen and oxygen atoms in total. The van der Waals surface area contributed by atoms with Crippen LogP contribution in [0.3, 0.4) is 0 Å². The second kappa shape index (κ2) is 3.14. The zero-order valence-electron chi connectivity index (χ0n) is 6.90. The largest absolute Gasteiger partial charge is 0.481 e. The van der Waals surface area contributed by atoms with Crippen LogP contribution in [0.2, 0.25) is 0 Å². The molecule has 0 saturated heterocycles. The Hall–Kier alpha value is -0.840. The van der Waals surface area contributed by atoms with E-state index in [1.54, 1.807) is 6.33 Å². The van der Waals surface area contributed by atoms with Crippen molar-refractivity contribution in [2.45, 2.75) is 25.3 Å². The first-order valence-electron chi connectivity index (χ1n) is 4.13. The number of carboxylic acids is 1. The number of aliphatic carboxylic acids is 1. The smallest absolute Gasteiger partial charge is 0.312 e. The number of hydrogen-bond donors (Lipinski definition) is 1. The number of rotatable bonds is 1. The number of halogens is 1. The fourth-order valence-electron chi connectivity index (χ4n) is 1.73. The molecule has 1 aliphatic heterocycles. The maximum atomic E-state index is 10.9. The van der Waals surface area contributed by atoms with Crippen LogP contribution in [0.1, 0.15) is 24.5 Å². The number of hydrogen-bond acceptors (Lipinski definition) is 2. The number of fused-ring (bicyclic) bond motifs is 1. The average molecular weight is 245 g/mol. The molecular weight excluding hydrogens is 236 g/mol. The van der Waals surface area contributed by atoms with Crippen molar-refractivity contribution in [1.82, 2.24) is 9.55 Å². The first-order valence-corrected chi connectivity index (χ1v) is 4.93. The molecule has 1 N–H and O–H groups in total. The lowest BCUT2D eigenvalue weighted by molar-refractivity contribution is -0.139. The Morgan fingerprint density at radius 1 is 1.77 bits per heavy atom. The first kappa shape index (κ1) is 8.74. The maximum absolute atomic E-state index is 10.9. The van der Waals surface area contributed by atoms with Gasteiger partial charge in [-0.15, -0.1) is 0 Å². The molecule has 1 atom stereocenters. The van der Waals surface area contributed by atoms with Gasteiger partial charge in [-0.25, -0.2) is 4.98 Å². The summed E-state index contributed by atoms with van der Waals surface area (Å²) < 4.78 is 2.58. The molecule has 1 aromatic rings. The maximum Gasteiger partial charge on any atom is 0.312 e. The Balaban J connectivity index is 2.46. The summed E-state index contributed by atoms with van der Waals surface area (Å²) in [6, 6.07) is 0. The van der Waals surface area contributed by atoms with Crippen molar-refractivity contribution in [2.24, 2.45) is 0 Å². The molecular formula is C8H9BrN2O2. The predicted molar refractivity (Wildman–Crippen MR) is 49.5 cm³/mol.